The molecule has 0 amide bonds. The van der Waals surface area contributed by atoms with Gasteiger partial charge in [0.1, 0.15) is 5.69 Å². The minimum atomic E-state index is -4.44. The summed E-state index contributed by atoms with van der Waals surface area (Å²) in [4.78, 5) is 15.7. The maximum Gasteiger partial charge on any atom is 0.422 e. The van der Waals surface area contributed by atoms with Crippen LogP contribution in [0.5, 0.6) is 5.88 Å². The smallest absolute Gasteiger partial charge is 0.422 e. The Hall–Kier alpha value is -2.03. The van der Waals surface area contributed by atoms with Crippen molar-refractivity contribution in [3.8, 4) is 5.88 Å². The molecule has 0 saturated carbocycles. The number of Topliss-reactive ketones (excluding diaryl/α,β-unsaturated/α-hetero) is 1. The number of rotatable bonds is 5. The molecule has 2 rings (SSSR count). The van der Waals surface area contributed by atoms with Crippen molar-refractivity contribution in [3.05, 3.63) is 46.3 Å². The molecule has 0 aliphatic heterocycles. The van der Waals surface area contributed by atoms with Gasteiger partial charge in [0.15, 0.2) is 12.4 Å². The van der Waals surface area contributed by atoms with Crippen molar-refractivity contribution in [1.29, 1.82) is 0 Å². The highest BCUT2D eigenvalue weighted by molar-refractivity contribution is 9.10. The van der Waals surface area contributed by atoms with Gasteiger partial charge in [-0.25, -0.2) is 4.98 Å². The van der Waals surface area contributed by atoms with Crippen LogP contribution < -0.4 is 4.74 Å². The lowest BCUT2D eigenvalue weighted by Crippen LogP contribution is -2.19. The molecule has 5 nitrogen and oxygen atoms in total. The zero-order chi connectivity index (χ0) is 16.2. The molecule has 0 unspecified atom stereocenters. The molecule has 0 aromatic carbocycles. The molecule has 0 saturated heterocycles. The van der Waals surface area contributed by atoms with Crippen LogP contribution in [0.2, 0.25) is 0 Å². The Kier molecular flexibility index (Phi) is 5.07. The van der Waals surface area contributed by atoms with E-state index in [9.17, 15) is 18.0 Å². The SMILES string of the molecule is O=C(Cc1cnc(OCC(F)(F)F)c(Br)c1)c1cccnn1. The number of aromatic nitrogens is 3. The van der Waals surface area contributed by atoms with Crippen LogP contribution in [0.4, 0.5) is 13.2 Å². The monoisotopic (exact) mass is 375 g/mol. The highest BCUT2D eigenvalue weighted by Gasteiger charge is 2.29. The van der Waals surface area contributed by atoms with Crippen molar-refractivity contribution in [2.75, 3.05) is 6.61 Å². The molecular formula is C13H9BrF3N3O2. The summed E-state index contributed by atoms with van der Waals surface area (Å²) in [6.07, 6.45) is -1.71. The third-order valence-corrected chi connectivity index (χ3v) is 3.03. The van der Waals surface area contributed by atoms with Gasteiger partial charge in [-0.3, -0.25) is 4.79 Å². The molecule has 22 heavy (non-hydrogen) atoms. The Balaban J connectivity index is 2.05. The quantitative estimate of drug-likeness (QED) is 0.751. The maximum atomic E-state index is 12.1. The van der Waals surface area contributed by atoms with Gasteiger partial charge in [-0.2, -0.15) is 18.3 Å². The van der Waals surface area contributed by atoms with Crippen LogP contribution in [0.1, 0.15) is 16.1 Å². The second-order valence-electron chi connectivity index (χ2n) is 4.24. The van der Waals surface area contributed by atoms with E-state index in [0.717, 1.165) is 0 Å². The summed E-state index contributed by atoms with van der Waals surface area (Å²) in [6, 6.07) is 4.59. The number of alkyl halides is 3. The Morgan fingerprint density at radius 3 is 2.73 bits per heavy atom. The van der Waals surface area contributed by atoms with Crippen molar-refractivity contribution in [2.45, 2.75) is 12.6 Å². The number of halogens is 4. The zero-order valence-corrected chi connectivity index (χ0v) is 12.6. The second-order valence-corrected chi connectivity index (χ2v) is 5.10. The number of carbonyl (C=O) groups excluding carboxylic acids is 1. The minimum Gasteiger partial charge on any atom is -0.467 e. The largest absolute Gasteiger partial charge is 0.467 e. The molecule has 9 heteroatoms. The first kappa shape index (κ1) is 16.3. The van der Waals surface area contributed by atoms with Gasteiger partial charge in [0.2, 0.25) is 5.88 Å². The van der Waals surface area contributed by atoms with E-state index < -0.39 is 12.8 Å². The molecule has 0 radical (unpaired) electrons. The average molecular weight is 376 g/mol. The van der Waals surface area contributed by atoms with Gasteiger partial charge in [-0.05, 0) is 39.7 Å². The van der Waals surface area contributed by atoms with E-state index in [1.807, 2.05) is 0 Å². The van der Waals surface area contributed by atoms with Crippen LogP contribution in [-0.2, 0) is 6.42 Å². The highest BCUT2D eigenvalue weighted by atomic mass is 79.9. The fourth-order valence-electron chi connectivity index (χ4n) is 1.54. The first-order valence-electron chi connectivity index (χ1n) is 6.00. The number of hydrogen-bond acceptors (Lipinski definition) is 5. The van der Waals surface area contributed by atoms with Gasteiger partial charge < -0.3 is 4.74 Å². The van der Waals surface area contributed by atoms with Crippen LogP contribution in [0.15, 0.2) is 35.1 Å². The molecular weight excluding hydrogens is 367 g/mol. The molecule has 2 aromatic rings. The molecule has 2 aromatic heterocycles. The summed E-state index contributed by atoms with van der Waals surface area (Å²) >= 11 is 3.07. The standard InChI is InChI=1S/C13H9BrF3N3O2/c14-9-4-8(5-11(21)10-2-1-3-19-20-10)6-18-12(9)22-7-13(15,16)17/h1-4,6H,5,7H2. The fraction of sp³-hybridized carbons (Fsp3) is 0.231. The molecule has 0 fully saturated rings. The molecule has 0 atom stereocenters. The van der Waals surface area contributed by atoms with E-state index in [1.165, 1.54) is 24.5 Å². The fourth-order valence-corrected chi connectivity index (χ4v) is 2.06. The molecule has 2 heterocycles. The average Bonchev–Trinajstić information content (AvgIpc) is 2.46. The lowest BCUT2D eigenvalue weighted by atomic mass is 10.1. The van der Waals surface area contributed by atoms with E-state index in [1.54, 1.807) is 6.07 Å². The normalized spacial score (nSPS) is 11.3. The Bertz CT molecular complexity index is 665. The Morgan fingerprint density at radius 2 is 2.14 bits per heavy atom. The Morgan fingerprint density at radius 1 is 1.36 bits per heavy atom. The zero-order valence-electron chi connectivity index (χ0n) is 11.0. The van der Waals surface area contributed by atoms with Gasteiger partial charge in [0.05, 0.1) is 4.47 Å². The summed E-state index contributed by atoms with van der Waals surface area (Å²) in [5, 5.41) is 7.29. The van der Waals surface area contributed by atoms with Gasteiger partial charge >= 0.3 is 6.18 Å². The van der Waals surface area contributed by atoms with Gasteiger partial charge in [-0.1, -0.05) is 0 Å². The van der Waals surface area contributed by atoms with Crippen molar-refractivity contribution in [2.24, 2.45) is 0 Å². The molecule has 0 aliphatic rings. The van der Waals surface area contributed by atoms with Crippen molar-refractivity contribution >= 4 is 21.7 Å². The van der Waals surface area contributed by atoms with E-state index in [0.29, 0.717) is 5.56 Å². The number of hydrogen-bond donors (Lipinski definition) is 0. The lowest BCUT2D eigenvalue weighted by Gasteiger charge is -2.10. The number of ketones is 1. The van der Waals surface area contributed by atoms with E-state index >= 15 is 0 Å². The molecule has 116 valence electrons. The van der Waals surface area contributed by atoms with E-state index in [2.05, 4.69) is 35.8 Å². The molecule has 0 aliphatic carbocycles. The van der Waals surface area contributed by atoms with Crippen LogP contribution >= 0.6 is 15.9 Å². The van der Waals surface area contributed by atoms with Crippen LogP contribution in [0.3, 0.4) is 0 Å². The summed E-state index contributed by atoms with van der Waals surface area (Å²) < 4.78 is 41.1. The topological polar surface area (TPSA) is 65.0 Å². The number of carbonyl (C=O) groups is 1. The molecule has 0 bridgehead atoms. The highest BCUT2D eigenvalue weighted by Crippen LogP contribution is 2.25. The number of pyridine rings is 1. The third-order valence-electron chi connectivity index (χ3n) is 2.46. The molecule has 0 spiro atoms. The van der Waals surface area contributed by atoms with Crippen molar-refractivity contribution in [1.82, 2.24) is 15.2 Å². The summed E-state index contributed by atoms with van der Waals surface area (Å²) in [5.74, 6) is -0.459. The predicted molar refractivity (Wildman–Crippen MR) is 73.6 cm³/mol. The van der Waals surface area contributed by atoms with Crippen LogP contribution in [-0.4, -0.2) is 33.7 Å². The lowest BCUT2D eigenvalue weighted by molar-refractivity contribution is -0.154. The second kappa shape index (κ2) is 6.82. The number of nitrogens with zero attached hydrogens (tertiary/aromatic N) is 3. The first-order valence-corrected chi connectivity index (χ1v) is 6.79. The van der Waals surface area contributed by atoms with Gasteiger partial charge in [0.25, 0.3) is 0 Å². The Labute approximate surface area is 131 Å². The van der Waals surface area contributed by atoms with Crippen LogP contribution in [0, 0.1) is 0 Å². The third kappa shape index (κ3) is 4.76. The maximum absolute atomic E-state index is 12.1. The summed E-state index contributed by atoms with van der Waals surface area (Å²) in [6.45, 7) is -1.43. The van der Waals surface area contributed by atoms with Gasteiger partial charge in [0, 0.05) is 18.8 Å². The van der Waals surface area contributed by atoms with E-state index in [4.69, 9.17) is 0 Å². The summed E-state index contributed by atoms with van der Waals surface area (Å²) in [7, 11) is 0. The van der Waals surface area contributed by atoms with Crippen LogP contribution in [0.25, 0.3) is 0 Å². The number of ether oxygens (including phenoxy) is 1. The first-order chi connectivity index (χ1) is 10.3. The predicted octanol–water partition coefficient (Wildman–Crippen LogP) is 3.00. The van der Waals surface area contributed by atoms with E-state index in [-0.39, 0.29) is 28.3 Å². The van der Waals surface area contributed by atoms with Crippen molar-refractivity contribution < 1.29 is 22.7 Å². The van der Waals surface area contributed by atoms with Gasteiger partial charge in [-0.15, -0.1) is 5.10 Å². The minimum absolute atomic E-state index is 0.00381. The van der Waals surface area contributed by atoms with Crippen molar-refractivity contribution in [3.63, 3.8) is 0 Å². The molecule has 0 N–H and O–H groups in total. The summed E-state index contributed by atoms with van der Waals surface area (Å²) in [5.41, 5.74) is 0.720.